The van der Waals surface area contributed by atoms with Crippen LogP contribution in [0.4, 0.5) is 9.52 Å². The molecule has 0 saturated heterocycles. The number of para-hydroxylation sites is 1. The van der Waals surface area contributed by atoms with Crippen LogP contribution in [0, 0.1) is 5.82 Å². The Kier molecular flexibility index (Phi) is 7.34. The monoisotopic (exact) mass is 457 g/mol. The van der Waals surface area contributed by atoms with Crippen molar-refractivity contribution in [3.63, 3.8) is 0 Å². The normalized spacial score (nSPS) is 11.5. The molecule has 3 aromatic rings. The first kappa shape index (κ1) is 23.2. The van der Waals surface area contributed by atoms with E-state index in [0.29, 0.717) is 16.4 Å². The summed E-state index contributed by atoms with van der Waals surface area (Å²) in [6.45, 7) is 0.816. The van der Waals surface area contributed by atoms with Crippen LogP contribution in [-0.4, -0.2) is 57.6 Å². The van der Waals surface area contributed by atoms with Crippen molar-refractivity contribution in [2.75, 3.05) is 38.3 Å². The summed E-state index contributed by atoms with van der Waals surface area (Å²) in [6, 6.07) is 10.7. The number of hydrogen-bond acceptors (Lipinski definition) is 6. The van der Waals surface area contributed by atoms with Gasteiger partial charge in [-0.25, -0.2) is 17.8 Å². The molecule has 3 rings (SSSR count). The largest absolute Gasteiger partial charge is 0.308 e. The Morgan fingerprint density at radius 1 is 1.10 bits per heavy atom. The van der Waals surface area contributed by atoms with Gasteiger partial charge in [0.1, 0.15) is 11.3 Å². The van der Waals surface area contributed by atoms with Gasteiger partial charge in [0.15, 0.2) is 15.0 Å². The molecule has 0 atom stereocenters. The van der Waals surface area contributed by atoms with Crippen molar-refractivity contribution in [2.45, 2.75) is 4.90 Å². The number of nitrogens with zero attached hydrogens (tertiary/aromatic N) is 3. The number of hydrogen-bond donors (Lipinski definition) is 0. The van der Waals surface area contributed by atoms with Crippen molar-refractivity contribution in [1.82, 2.24) is 9.88 Å². The third-order valence-corrected chi connectivity index (χ3v) is 6.32. The summed E-state index contributed by atoms with van der Waals surface area (Å²) in [6.07, 6.45) is 1.07. The van der Waals surface area contributed by atoms with Crippen LogP contribution in [0.2, 0.25) is 0 Å². The minimum Gasteiger partial charge on any atom is -0.308 e. The van der Waals surface area contributed by atoms with E-state index in [1.54, 1.807) is 24.3 Å². The standard InChI is InChI=1S/C19H20FN3O3S2.ClH/c1-22(2)11-12-23(19-21-17-14(20)8-6-9-15(17)27-19)18(24)13-7-4-5-10-16(13)28(3,25)26;/h4-10H,11-12H2,1-3H3;1H. The van der Waals surface area contributed by atoms with E-state index in [4.69, 9.17) is 0 Å². The Morgan fingerprint density at radius 2 is 1.79 bits per heavy atom. The maximum absolute atomic E-state index is 14.1. The molecule has 0 saturated carbocycles. The molecule has 1 heterocycles. The number of carbonyl (C=O) groups excluding carboxylic acids is 1. The van der Waals surface area contributed by atoms with Gasteiger partial charge in [-0.2, -0.15) is 0 Å². The van der Waals surface area contributed by atoms with Crippen molar-refractivity contribution in [3.8, 4) is 0 Å². The highest BCUT2D eigenvalue weighted by Crippen LogP contribution is 2.31. The van der Waals surface area contributed by atoms with E-state index in [9.17, 15) is 17.6 Å². The van der Waals surface area contributed by atoms with Gasteiger partial charge >= 0.3 is 0 Å². The van der Waals surface area contributed by atoms with Crippen molar-refractivity contribution in [2.24, 2.45) is 0 Å². The zero-order valence-corrected chi connectivity index (χ0v) is 18.6. The van der Waals surface area contributed by atoms with Gasteiger partial charge in [0.2, 0.25) is 0 Å². The van der Waals surface area contributed by atoms with Crippen LogP contribution < -0.4 is 4.90 Å². The average molecular weight is 458 g/mol. The lowest BCUT2D eigenvalue weighted by Gasteiger charge is -2.22. The van der Waals surface area contributed by atoms with Crippen LogP contribution in [0.3, 0.4) is 0 Å². The predicted molar refractivity (Wildman–Crippen MR) is 117 cm³/mol. The van der Waals surface area contributed by atoms with Crippen LogP contribution in [0.1, 0.15) is 10.4 Å². The molecule has 0 N–H and O–H groups in total. The fraction of sp³-hybridized carbons (Fsp3) is 0.263. The zero-order valence-electron chi connectivity index (χ0n) is 16.1. The van der Waals surface area contributed by atoms with Crippen LogP contribution in [0.15, 0.2) is 47.4 Å². The Morgan fingerprint density at radius 3 is 2.41 bits per heavy atom. The van der Waals surface area contributed by atoms with Crippen molar-refractivity contribution >= 4 is 54.8 Å². The molecule has 0 spiro atoms. The van der Waals surface area contributed by atoms with E-state index >= 15 is 0 Å². The number of carbonyl (C=O) groups is 1. The summed E-state index contributed by atoms with van der Waals surface area (Å²) in [5.74, 6) is -0.945. The molecule has 0 aliphatic carbocycles. The first-order valence-electron chi connectivity index (χ1n) is 8.49. The molecule has 0 aliphatic rings. The number of rotatable bonds is 6. The lowest BCUT2D eigenvalue weighted by Crippen LogP contribution is -2.37. The van der Waals surface area contributed by atoms with Gasteiger partial charge in [0.05, 0.1) is 15.2 Å². The van der Waals surface area contributed by atoms with Gasteiger partial charge in [0, 0.05) is 19.3 Å². The summed E-state index contributed by atoms with van der Waals surface area (Å²) in [5, 5.41) is 0.329. The zero-order chi connectivity index (χ0) is 20.5. The highest BCUT2D eigenvalue weighted by molar-refractivity contribution is 7.90. The molecule has 1 aromatic heterocycles. The summed E-state index contributed by atoms with van der Waals surface area (Å²) in [7, 11) is 0.141. The number of aromatic nitrogens is 1. The second-order valence-corrected chi connectivity index (χ2v) is 9.60. The van der Waals surface area contributed by atoms with Gasteiger partial charge in [-0.1, -0.05) is 29.5 Å². The lowest BCUT2D eigenvalue weighted by molar-refractivity contribution is 0.0982. The van der Waals surface area contributed by atoms with Gasteiger partial charge in [-0.05, 0) is 38.4 Å². The SMILES string of the molecule is CN(C)CCN(C(=O)c1ccccc1S(C)(=O)=O)c1nc2c(F)cccc2s1.Cl. The predicted octanol–water partition coefficient (Wildman–Crippen LogP) is 3.47. The third kappa shape index (κ3) is 5.11. The molecule has 2 aromatic carbocycles. The number of halogens is 2. The number of thiazole rings is 1. The fourth-order valence-electron chi connectivity index (χ4n) is 2.71. The maximum atomic E-state index is 14.1. The number of benzene rings is 2. The first-order chi connectivity index (χ1) is 13.2. The average Bonchev–Trinajstić information content (AvgIpc) is 3.06. The van der Waals surface area contributed by atoms with Gasteiger partial charge in [-0.3, -0.25) is 9.69 Å². The molecular formula is C19H21ClFN3O3S2. The molecule has 0 radical (unpaired) electrons. The van der Waals surface area contributed by atoms with Crippen molar-refractivity contribution in [3.05, 3.63) is 53.8 Å². The molecule has 0 unspecified atom stereocenters. The molecule has 29 heavy (non-hydrogen) atoms. The minimum atomic E-state index is -3.59. The van der Waals surface area contributed by atoms with Crippen LogP contribution >= 0.6 is 23.7 Å². The topological polar surface area (TPSA) is 70.6 Å². The molecular weight excluding hydrogens is 437 g/mol. The van der Waals surface area contributed by atoms with Crippen molar-refractivity contribution < 1.29 is 17.6 Å². The molecule has 0 aliphatic heterocycles. The number of fused-ring (bicyclic) bond motifs is 1. The van der Waals surface area contributed by atoms with Crippen molar-refractivity contribution in [1.29, 1.82) is 0 Å². The number of sulfone groups is 1. The minimum absolute atomic E-state index is 0. The van der Waals surface area contributed by atoms with E-state index in [-0.39, 0.29) is 34.9 Å². The second-order valence-electron chi connectivity index (χ2n) is 6.61. The second kappa shape index (κ2) is 9.17. The fourth-order valence-corrected chi connectivity index (χ4v) is 4.60. The van der Waals surface area contributed by atoms with E-state index in [1.165, 1.54) is 34.4 Å². The number of anilines is 1. The Bertz CT molecular complexity index is 1130. The maximum Gasteiger partial charge on any atom is 0.261 e. The summed E-state index contributed by atoms with van der Waals surface area (Å²) < 4.78 is 38.9. The van der Waals surface area contributed by atoms with E-state index in [1.807, 2.05) is 19.0 Å². The Hall–Kier alpha value is -2.07. The third-order valence-electron chi connectivity index (χ3n) is 4.12. The summed E-state index contributed by atoms with van der Waals surface area (Å²) in [4.78, 5) is 20.9. The van der Waals surface area contributed by atoms with Gasteiger partial charge in [0.25, 0.3) is 5.91 Å². The van der Waals surface area contributed by atoms with E-state index < -0.39 is 21.6 Å². The van der Waals surface area contributed by atoms with Crippen LogP contribution in [-0.2, 0) is 9.84 Å². The van der Waals surface area contributed by atoms with E-state index in [0.717, 1.165) is 6.26 Å². The highest BCUT2D eigenvalue weighted by atomic mass is 35.5. The van der Waals surface area contributed by atoms with Crippen LogP contribution in [0.5, 0.6) is 0 Å². The lowest BCUT2D eigenvalue weighted by atomic mass is 10.2. The number of amides is 1. The van der Waals surface area contributed by atoms with Gasteiger partial charge in [-0.15, -0.1) is 12.4 Å². The summed E-state index contributed by atoms with van der Waals surface area (Å²) in [5.41, 5.74) is 0.269. The van der Waals surface area contributed by atoms with E-state index in [2.05, 4.69) is 4.98 Å². The Balaban J connectivity index is 0.00000300. The molecule has 0 bridgehead atoms. The molecule has 10 heteroatoms. The molecule has 156 valence electrons. The number of likely N-dealkylation sites (N-methyl/N-ethyl adjacent to an activating group) is 1. The Labute approximate surface area is 179 Å². The molecule has 0 fully saturated rings. The smallest absolute Gasteiger partial charge is 0.261 e. The quantitative estimate of drug-likeness (QED) is 0.566. The molecule has 1 amide bonds. The summed E-state index contributed by atoms with van der Waals surface area (Å²) >= 11 is 1.19. The highest BCUT2D eigenvalue weighted by Gasteiger charge is 2.26. The van der Waals surface area contributed by atoms with Crippen LogP contribution in [0.25, 0.3) is 10.2 Å². The first-order valence-corrected chi connectivity index (χ1v) is 11.2. The van der Waals surface area contributed by atoms with Gasteiger partial charge < -0.3 is 4.90 Å². The molecule has 6 nitrogen and oxygen atoms in total.